The minimum absolute atomic E-state index is 0.208. The van der Waals surface area contributed by atoms with Gasteiger partial charge < -0.3 is 4.52 Å². The molecule has 6 heteroatoms. The highest BCUT2D eigenvalue weighted by Gasteiger charge is 2.17. The summed E-state index contributed by atoms with van der Waals surface area (Å²) < 4.78 is 5.98. The van der Waals surface area contributed by atoms with Gasteiger partial charge in [-0.25, -0.2) is 4.98 Å². The molecule has 0 radical (unpaired) electrons. The van der Waals surface area contributed by atoms with Gasteiger partial charge in [0.1, 0.15) is 5.69 Å². The zero-order valence-electron chi connectivity index (χ0n) is 9.23. The van der Waals surface area contributed by atoms with E-state index in [9.17, 15) is 0 Å². The van der Waals surface area contributed by atoms with Gasteiger partial charge in [0.05, 0.1) is 5.38 Å². The van der Waals surface area contributed by atoms with E-state index < -0.39 is 0 Å². The number of alkyl halides is 1. The molecule has 0 aliphatic heterocycles. The predicted octanol–water partition coefficient (Wildman–Crippen LogP) is 3.97. The van der Waals surface area contributed by atoms with Crippen molar-refractivity contribution in [3.05, 3.63) is 28.6 Å². The molecule has 1 unspecified atom stereocenters. The van der Waals surface area contributed by atoms with Crippen LogP contribution in [0.25, 0.3) is 11.6 Å². The zero-order valence-corrected chi connectivity index (χ0v) is 11.6. The molecule has 1 atom stereocenters. The maximum Gasteiger partial charge on any atom is 0.277 e. The fourth-order valence-corrected chi connectivity index (χ4v) is 2.12. The van der Waals surface area contributed by atoms with Crippen molar-refractivity contribution in [3.63, 3.8) is 0 Å². The SMILES string of the molecule is CCCC(Cl)c1noc(-c2ncccc2Br)n1. The van der Waals surface area contributed by atoms with Crippen molar-refractivity contribution in [2.45, 2.75) is 25.1 Å². The highest BCUT2D eigenvalue weighted by molar-refractivity contribution is 9.10. The Morgan fingerprint density at radius 3 is 3.06 bits per heavy atom. The monoisotopic (exact) mass is 315 g/mol. The lowest BCUT2D eigenvalue weighted by molar-refractivity contribution is 0.419. The standard InChI is InChI=1S/C11H11BrClN3O/c1-2-4-8(13)10-15-11(17-16-10)9-7(12)5-3-6-14-9/h3,5-6,8H,2,4H2,1H3. The normalized spacial score (nSPS) is 12.6. The lowest BCUT2D eigenvalue weighted by atomic mass is 10.2. The summed E-state index contributed by atoms with van der Waals surface area (Å²) in [5.74, 6) is 0.898. The van der Waals surface area contributed by atoms with Gasteiger partial charge in [-0.1, -0.05) is 18.5 Å². The van der Waals surface area contributed by atoms with Crippen LogP contribution in [0.4, 0.5) is 0 Å². The second-order valence-corrected chi connectivity index (χ2v) is 4.93. The van der Waals surface area contributed by atoms with E-state index in [1.165, 1.54) is 0 Å². The number of pyridine rings is 1. The van der Waals surface area contributed by atoms with Gasteiger partial charge in [-0.05, 0) is 34.5 Å². The van der Waals surface area contributed by atoms with Crippen LogP contribution in [-0.2, 0) is 0 Å². The van der Waals surface area contributed by atoms with E-state index in [4.69, 9.17) is 16.1 Å². The fraction of sp³-hybridized carbons (Fsp3) is 0.364. The van der Waals surface area contributed by atoms with E-state index in [-0.39, 0.29) is 5.38 Å². The van der Waals surface area contributed by atoms with Crippen LogP contribution in [0.2, 0.25) is 0 Å². The van der Waals surface area contributed by atoms with Crippen molar-refractivity contribution in [2.24, 2.45) is 0 Å². The molecular formula is C11H11BrClN3O. The number of hydrogen-bond donors (Lipinski definition) is 0. The quantitative estimate of drug-likeness (QED) is 0.801. The molecule has 0 saturated carbocycles. The van der Waals surface area contributed by atoms with Gasteiger partial charge in [-0.3, -0.25) is 0 Å². The number of halogens is 2. The second kappa shape index (κ2) is 5.60. The first kappa shape index (κ1) is 12.5. The first-order valence-electron chi connectivity index (χ1n) is 5.31. The van der Waals surface area contributed by atoms with Gasteiger partial charge >= 0.3 is 0 Å². The van der Waals surface area contributed by atoms with Gasteiger partial charge in [0, 0.05) is 10.7 Å². The van der Waals surface area contributed by atoms with Crippen LogP contribution in [0.3, 0.4) is 0 Å². The van der Waals surface area contributed by atoms with E-state index in [0.717, 1.165) is 17.3 Å². The molecule has 4 nitrogen and oxygen atoms in total. The zero-order chi connectivity index (χ0) is 12.3. The average Bonchev–Trinajstić information content (AvgIpc) is 2.79. The Labute approximate surface area is 113 Å². The van der Waals surface area contributed by atoms with Crippen LogP contribution >= 0.6 is 27.5 Å². The Bertz CT molecular complexity index is 503. The van der Waals surface area contributed by atoms with Crippen LogP contribution in [-0.4, -0.2) is 15.1 Å². The summed E-state index contributed by atoms with van der Waals surface area (Å²) in [4.78, 5) is 8.44. The predicted molar refractivity (Wildman–Crippen MR) is 68.7 cm³/mol. The van der Waals surface area contributed by atoms with E-state index in [0.29, 0.717) is 17.4 Å². The first-order chi connectivity index (χ1) is 8.22. The van der Waals surface area contributed by atoms with Crippen molar-refractivity contribution < 1.29 is 4.52 Å². The Balaban J connectivity index is 2.27. The molecule has 2 aromatic heterocycles. The molecule has 90 valence electrons. The third-order valence-corrected chi connectivity index (χ3v) is 3.28. The summed E-state index contributed by atoms with van der Waals surface area (Å²) in [5, 5.41) is 3.66. The third-order valence-electron chi connectivity index (χ3n) is 2.23. The molecule has 2 rings (SSSR count). The van der Waals surface area contributed by atoms with Gasteiger partial charge in [0.25, 0.3) is 5.89 Å². The van der Waals surface area contributed by atoms with E-state index in [1.54, 1.807) is 6.20 Å². The molecule has 0 aromatic carbocycles. The highest BCUT2D eigenvalue weighted by Crippen LogP contribution is 2.28. The molecular weight excluding hydrogens is 305 g/mol. The molecule has 0 fully saturated rings. The molecule has 0 amide bonds. The Morgan fingerprint density at radius 1 is 1.53 bits per heavy atom. The summed E-state index contributed by atoms with van der Waals surface area (Å²) in [5.41, 5.74) is 0.631. The molecule has 0 aliphatic carbocycles. The Hall–Kier alpha value is -0.940. The smallest absolute Gasteiger partial charge is 0.277 e. The van der Waals surface area contributed by atoms with Crippen molar-refractivity contribution in [1.29, 1.82) is 0 Å². The van der Waals surface area contributed by atoms with Gasteiger partial charge in [-0.2, -0.15) is 4.98 Å². The fourth-order valence-electron chi connectivity index (χ4n) is 1.38. The van der Waals surface area contributed by atoms with Gasteiger partial charge in [0.2, 0.25) is 0 Å². The maximum atomic E-state index is 6.13. The molecule has 17 heavy (non-hydrogen) atoms. The lowest BCUT2D eigenvalue weighted by Gasteiger charge is -1.99. The lowest BCUT2D eigenvalue weighted by Crippen LogP contribution is -1.93. The van der Waals surface area contributed by atoms with Crippen molar-refractivity contribution >= 4 is 27.5 Å². The largest absolute Gasteiger partial charge is 0.332 e. The van der Waals surface area contributed by atoms with Crippen LogP contribution in [0.5, 0.6) is 0 Å². The van der Waals surface area contributed by atoms with E-state index >= 15 is 0 Å². The number of nitrogens with zero attached hydrogens (tertiary/aromatic N) is 3. The van der Waals surface area contributed by atoms with Crippen molar-refractivity contribution in [2.75, 3.05) is 0 Å². The summed E-state index contributed by atoms with van der Waals surface area (Å²) >= 11 is 9.52. The van der Waals surface area contributed by atoms with Crippen LogP contribution in [0.1, 0.15) is 31.0 Å². The third kappa shape index (κ3) is 2.84. The van der Waals surface area contributed by atoms with Crippen molar-refractivity contribution in [1.82, 2.24) is 15.1 Å². The van der Waals surface area contributed by atoms with Crippen LogP contribution < -0.4 is 0 Å². The molecule has 0 saturated heterocycles. The number of aromatic nitrogens is 3. The van der Waals surface area contributed by atoms with Crippen LogP contribution in [0, 0.1) is 0 Å². The minimum atomic E-state index is -0.208. The molecule has 0 bridgehead atoms. The molecule has 0 aliphatic rings. The maximum absolute atomic E-state index is 6.13. The summed E-state index contributed by atoms with van der Waals surface area (Å²) in [6, 6.07) is 3.70. The molecule has 2 aromatic rings. The Morgan fingerprint density at radius 2 is 2.35 bits per heavy atom. The van der Waals surface area contributed by atoms with Gasteiger partial charge in [0.15, 0.2) is 5.82 Å². The highest BCUT2D eigenvalue weighted by atomic mass is 79.9. The molecule has 0 N–H and O–H groups in total. The summed E-state index contributed by atoms with van der Waals surface area (Å²) in [6.07, 6.45) is 3.48. The summed E-state index contributed by atoms with van der Waals surface area (Å²) in [7, 11) is 0. The minimum Gasteiger partial charge on any atom is -0.332 e. The number of hydrogen-bond acceptors (Lipinski definition) is 4. The topological polar surface area (TPSA) is 51.8 Å². The van der Waals surface area contributed by atoms with Crippen molar-refractivity contribution in [3.8, 4) is 11.6 Å². The summed E-state index contributed by atoms with van der Waals surface area (Å²) in [6.45, 7) is 2.06. The number of rotatable bonds is 4. The van der Waals surface area contributed by atoms with E-state index in [2.05, 4.69) is 38.0 Å². The molecule has 2 heterocycles. The second-order valence-electron chi connectivity index (χ2n) is 3.55. The van der Waals surface area contributed by atoms with Gasteiger partial charge in [-0.15, -0.1) is 11.6 Å². The Kier molecular flexibility index (Phi) is 4.12. The van der Waals surface area contributed by atoms with E-state index in [1.807, 2.05) is 12.1 Å². The average molecular weight is 317 g/mol. The van der Waals surface area contributed by atoms with Crippen LogP contribution in [0.15, 0.2) is 27.3 Å². The molecule has 0 spiro atoms. The first-order valence-corrected chi connectivity index (χ1v) is 6.54.